The van der Waals surface area contributed by atoms with Crippen molar-refractivity contribution in [1.82, 2.24) is 5.01 Å². The Kier molecular flexibility index (Phi) is 5.24. The van der Waals surface area contributed by atoms with Crippen molar-refractivity contribution >= 4 is 23.2 Å². The fraction of sp³-hybridized carbons (Fsp3) is 0.333. The van der Waals surface area contributed by atoms with E-state index in [1.165, 1.54) is 5.56 Å². The lowest BCUT2D eigenvalue weighted by atomic mass is 9.94. The maximum atomic E-state index is 12.7. The molecule has 2 aromatic rings. The van der Waals surface area contributed by atoms with E-state index in [9.17, 15) is 4.79 Å². The second kappa shape index (κ2) is 7.40. The lowest BCUT2D eigenvalue weighted by molar-refractivity contribution is -0.135. The normalized spacial score (nSPS) is 16.0. The Balaban J connectivity index is 1.67. The Morgan fingerprint density at radius 1 is 1.12 bits per heavy atom. The molecule has 0 atom stereocenters. The number of carbonyl (C=O) groups is 1. The fourth-order valence-electron chi connectivity index (χ4n) is 3.21. The van der Waals surface area contributed by atoms with Crippen molar-refractivity contribution in [2.45, 2.75) is 45.1 Å². The Morgan fingerprint density at radius 2 is 1.80 bits per heavy atom. The molecule has 3 nitrogen and oxygen atoms in total. The van der Waals surface area contributed by atoms with Gasteiger partial charge in [-0.05, 0) is 38.3 Å². The number of nitrogens with zero attached hydrogens (tertiary/aromatic N) is 2. The van der Waals surface area contributed by atoms with Crippen LogP contribution in [0.2, 0.25) is 5.02 Å². The highest BCUT2D eigenvalue weighted by Gasteiger charge is 2.38. The molecule has 0 unspecified atom stereocenters. The lowest BCUT2D eigenvalue weighted by Gasteiger charge is -2.28. The molecule has 1 aliphatic rings. The molecule has 0 radical (unpaired) electrons. The van der Waals surface area contributed by atoms with E-state index in [0.717, 1.165) is 24.1 Å². The van der Waals surface area contributed by atoms with Crippen molar-refractivity contribution < 1.29 is 4.79 Å². The number of amides is 1. The average molecular weight is 355 g/mol. The number of hydrogen-bond donors (Lipinski definition) is 0. The van der Waals surface area contributed by atoms with E-state index in [0.29, 0.717) is 17.9 Å². The summed E-state index contributed by atoms with van der Waals surface area (Å²) in [4.78, 5) is 12.7. The maximum Gasteiger partial charge on any atom is 0.243 e. The third kappa shape index (κ3) is 4.10. The van der Waals surface area contributed by atoms with Crippen molar-refractivity contribution in [2.75, 3.05) is 0 Å². The van der Waals surface area contributed by atoms with Crippen molar-refractivity contribution in [3.8, 4) is 0 Å². The molecule has 25 heavy (non-hydrogen) atoms. The summed E-state index contributed by atoms with van der Waals surface area (Å²) < 4.78 is 0. The minimum Gasteiger partial charge on any atom is -0.273 e. The van der Waals surface area contributed by atoms with Gasteiger partial charge >= 0.3 is 0 Å². The highest BCUT2D eigenvalue weighted by atomic mass is 35.5. The summed E-state index contributed by atoms with van der Waals surface area (Å²) in [6.07, 6.45) is 2.94. The van der Waals surface area contributed by atoms with Crippen LogP contribution in [0.4, 0.5) is 0 Å². The van der Waals surface area contributed by atoms with Gasteiger partial charge in [-0.1, -0.05) is 60.1 Å². The van der Waals surface area contributed by atoms with Gasteiger partial charge in [0.25, 0.3) is 0 Å². The molecule has 2 aromatic carbocycles. The Bertz CT molecular complexity index is 783. The van der Waals surface area contributed by atoms with Crippen molar-refractivity contribution in [3.63, 3.8) is 0 Å². The summed E-state index contributed by atoms with van der Waals surface area (Å²) >= 11 is 6.29. The van der Waals surface area contributed by atoms with E-state index < -0.39 is 0 Å². The average Bonchev–Trinajstić information content (AvgIpc) is 2.91. The summed E-state index contributed by atoms with van der Waals surface area (Å²) in [7, 11) is 0. The first-order valence-corrected chi connectivity index (χ1v) is 9.04. The minimum atomic E-state index is -0.321. The molecule has 0 saturated carbocycles. The van der Waals surface area contributed by atoms with Crippen LogP contribution < -0.4 is 0 Å². The maximum absolute atomic E-state index is 12.7. The Labute approximate surface area is 154 Å². The predicted molar refractivity (Wildman–Crippen MR) is 103 cm³/mol. The number of hydrazone groups is 1. The molecule has 0 bridgehead atoms. The van der Waals surface area contributed by atoms with Crippen LogP contribution in [-0.2, 0) is 11.2 Å². The van der Waals surface area contributed by atoms with Gasteiger partial charge in [-0.2, -0.15) is 5.10 Å². The molecular weight excluding hydrogens is 332 g/mol. The smallest absolute Gasteiger partial charge is 0.243 e. The number of rotatable bonds is 5. The predicted octanol–water partition coefficient (Wildman–Crippen LogP) is 5.08. The largest absolute Gasteiger partial charge is 0.273 e. The quantitative estimate of drug-likeness (QED) is 0.737. The first-order chi connectivity index (χ1) is 12.0. The molecule has 3 rings (SSSR count). The van der Waals surface area contributed by atoms with Gasteiger partial charge < -0.3 is 0 Å². The molecule has 0 saturated heterocycles. The van der Waals surface area contributed by atoms with Crippen LogP contribution in [0.25, 0.3) is 0 Å². The zero-order valence-electron chi connectivity index (χ0n) is 14.7. The summed E-state index contributed by atoms with van der Waals surface area (Å²) in [6.45, 7) is 4.10. The van der Waals surface area contributed by atoms with Gasteiger partial charge in [0.2, 0.25) is 5.91 Å². The molecule has 0 aliphatic carbocycles. The first-order valence-electron chi connectivity index (χ1n) is 8.67. The Hall–Kier alpha value is -2.13. The third-order valence-corrected chi connectivity index (χ3v) is 4.84. The standard InChI is InChI=1S/C21H23ClN2O/c1-21(2)15-19(17-12-6-7-13-18(17)22)23-24(21)20(25)14-8-11-16-9-4-3-5-10-16/h3-7,9-10,12-13H,8,11,14-15H2,1-2H3. The highest BCUT2D eigenvalue weighted by Crippen LogP contribution is 2.32. The van der Waals surface area contributed by atoms with E-state index >= 15 is 0 Å². The fourth-order valence-corrected chi connectivity index (χ4v) is 3.45. The summed E-state index contributed by atoms with van der Waals surface area (Å²) in [5.74, 6) is 0.0722. The van der Waals surface area contributed by atoms with Crippen LogP contribution in [0.1, 0.15) is 44.2 Å². The van der Waals surface area contributed by atoms with Gasteiger partial charge in [-0.3, -0.25) is 4.79 Å². The molecule has 0 N–H and O–H groups in total. The number of halogens is 1. The molecule has 0 spiro atoms. The highest BCUT2D eigenvalue weighted by molar-refractivity contribution is 6.34. The van der Waals surface area contributed by atoms with Crippen LogP contribution in [-0.4, -0.2) is 22.2 Å². The number of benzene rings is 2. The third-order valence-electron chi connectivity index (χ3n) is 4.51. The number of aryl methyl sites for hydroxylation is 1. The number of hydrogen-bond acceptors (Lipinski definition) is 2. The van der Waals surface area contributed by atoms with Crippen LogP contribution in [0.5, 0.6) is 0 Å². The molecule has 0 aromatic heterocycles. The zero-order chi connectivity index (χ0) is 17.9. The molecule has 1 amide bonds. The van der Waals surface area contributed by atoms with Gasteiger partial charge in [-0.25, -0.2) is 5.01 Å². The first kappa shape index (κ1) is 17.7. The monoisotopic (exact) mass is 354 g/mol. The van der Waals surface area contributed by atoms with Gasteiger partial charge in [0.1, 0.15) is 0 Å². The SMILES string of the molecule is CC1(C)CC(c2ccccc2Cl)=NN1C(=O)CCCc1ccccc1. The lowest BCUT2D eigenvalue weighted by Crippen LogP contribution is -2.40. The van der Waals surface area contributed by atoms with Gasteiger partial charge in [0.15, 0.2) is 0 Å². The van der Waals surface area contributed by atoms with Crippen LogP contribution in [0.15, 0.2) is 59.7 Å². The molecule has 4 heteroatoms. The second-order valence-electron chi connectivity index (χ2n) is 7.06. The number of carbonyl (C=O) groups excluding carboxylic acids is 1. The van der Waals surface area contributed by atoms with E-state index in [1.807, 2.05) is 42.5 Å². The molecule has 130 valence electrons. The molecule has 0 fully saturated rings. The molecule has 1 heterocycles. The summed E-state index contributed by atoms with van der Waals surface area (Å²) in [5, 5.41) is 6.94. The van der Waals surface area contributed by atoms with Crippen molar-refractivity contribution in [3.05, 3.63) is 70.7 Å². The van der Waals surface area contributed by atoms with Gasteiger partial charge in [0.05, 0.1) is 11.3 Å². The van der Waals surface area contributed by atoms with Gasteiger partial charge in [0, 0.05) is 23.4 Å². The summed E-state index contributed by atoms with van der Waals surface area (Å²) in [5.41, 5.74) is 2.73. The molecule has 1 aliphatic heterocycles. The minimum absolute atomic E-state index is 0.0722. The topological polar surface area (TPSA) is 32.7 Å². The van der Waals surface area contributed by atoms with Gasteiger partial charge in [-0.15, -0.1) is 0 Å². The second-order valence-corrected chi connectivity index (χ2v) is 7.47. The van der Waals surface area contributed by atoms with E-state index in [4.69, 9.17) is 11.6 Å². The van der Waals surface area contributed by atoms with Crippen LogP contribution in [0, 0.1) is 0 Å². The Morgan fingerprint density at radius 3 is 2.52 bits per heavy atom. The van der Waals surface area contributed by atoms with E-state index in [2.05, 4.69) is 31.1 Å². The van der Waals surface area contributed by atoms with Crippen molar-refractivity contribution in [2.24, 2.45) is 5.10 Å². The van der Waals surface area contributed by atoms with E-state index in [1.54, 1.807) is 5.01 Å². The van der Waals surface area contributed by atoms with E-state index in [-0.39, 0.29) is 11.4 Å². The van der Waals surface area contributed by atoms with Crippen LogP contribution >= 0.6 is 11.6 Å². The summed E-state index contributed by atoms with van der Waals surface area (Å²) in [6, 6.07) is 17.9. The zero-order valence-corrected chi connectivity index (χ0v) is 15.5. The molecular formula is C21H23ClN2O. The van der Waals surface area contributed by atoms with Crippen LogP contribution in [0.3, 0.4) is 0 Å². The van der Waals surface area contributed by atoms with Crippen molar-refractivity contribution in [1.29, 1.82) is 0 Å².